The van der Waals surface area contributed by atoms with E-state index in [0.717, 1.165) is 44.5 Å². The molecule has 2 fully saturated rings. The minimum absolute atomic E-state index is 0. The highest BCUT2D eigenvalue weighted by atomic mass is 127. The molecule has 2 unspecified atom stereocenters. The summed E-state index contributed by atoms with van der Waals surface area (Å²) >= 11 is 0. The van der Waals surface area contributed by atoms with Crippen LogP contribution in [0.4, 0.5) is 0 Å². The monoisotopic (exact) mass is 485 g/mol. The summed E-state index contributed by atoms with van der Waals surface area (Å²) in [4.78, 5) is 7.21. The molecule has 0 spiro atoms. The molecule has 0 saturated carbocycles. The van der Waals surface area contributed by atoms with Crippen LogP contribution in [0.5, 0.6) is 0 Å². The maximum absolute atomic E-state index is 11.7. The van der Waals surface area contributed by atoms with E-state index in [-0.39, 0.29) is 29.9 Å². The molecule has 0 amide bonds. The predicted molar refractivity (Wildman–Crippen MR) is 116 cm³/mol. The third kappa shape index (κ3) is 7.61. The Hall–Kier alpha value is -0.0500. The van der Waals surface area contributed by atoms with Crippen LogP contribution >= 0.6 is 24.0 Å². The van der Waals surface area contributed by atoms with E-state index in [1.807, 2.05) is 0 Å². The molecule has 0 aliphatic carbocycles. The van der Waals surface area contributed by atoms with Gasteiger partial charge < -0.3 is 10.2 Å². The summed E-state index contributed by atoms with van der Waals surface area (Å²) in [6.07, 6.45) is 3.29. The molecule has 2 heterocycles. The number of hydrogen-bond donors (Lipinski definition) is 1. The number of aliphatic imine (C=N–C) groups is 1. The normalized spacial score (nSPS) is 26.8. The van der Waals surface area contributed by atoms with Crippen LogP contribution in [0.2, 0.25) is 0 Å². The molecular weight excluding hydrogens is 449 g/mol. The fourth-order valence-electron chi connectivity index (χ4n) is 3.55. The molecule has 1 N–H and O–H groups in total. The lowest BCUT2D eigenvalue weighted by Gasteiger charge is -2.37. The highest BCUT2D eigenvalue weighted by Crippen LogP contribution is 2.24. The van der Waals surface area contributed by atoms with Gasteiger partial charge in [0, 0.05) is 26.2 Å². The van der Waals surface area contributed by atoms with Crippen molar-refractivity contribution in [2.45, 2.75) is 47.0 Å². The van der Waals surface area contributed by atoms with Gasteiger partial charge in [-0.1, -0.05) is 27.7 Å². The van der Waals surface area contributed by atoms with Crippen LogP contribution in [0.15, 0.2) is 4.99 Å². The van der Waals surface area contributed by atoms with E-state index < -0.39 is 9.84 Å². The number of likely N-dealkylation sites (tertiary alicyclic amines) is 1. The fourth-order valence-corrected chi connectivity index (χ4v) is 5.41. The Morgan fingerprint density at radius 3 is 2.52 bits per heavy atom. The SMILES string of the molecule is CC(C)CN=C(NCC1CCS(=O)(=O)C1)N1CCCC(C(C)C)C1.I. The molecule has 0 aromatic heterocycles. The van der Waals surface area contributed by atoms with Gasteiger partial charge in [0.05, 0.1) is 11.5 Å². The minimum atomic E-state index is -2.81. The van der Waals surface area contributed by atoms with Gasteiger partial charge in [-0.25, -0.2) is 8.42 Å². The number of hydrogen-bond acceptors (Lipinski definition) is 3. The molecule has 0 bridgehead atoms. The highest BCUT2D eigenvalue weighted by Gasteiger charge is 2.29. The second kappa shape index (κ2) is 10.3. The molecule has 2 aliphatic heterocycles. The topological polar surface area (TPSA) is 61.8 Å². The van der Waals surface area contributed by atoms with Crippen molar-refractivity contribution >= 4 is 39.8 Å². The number of nitrogens with zero attached hydrogens (tertiary/aromatic N) is 2. The third-order valence-corrected chi connectivity index (χ3v) is 7.02. The summed E-state index contributed by atoms with van der Waals surface area (Å²) in [7, 11) is -2.81. The first-order valence-electron chi connectivity index (χ1n) is 9.50. The molecule has 148 valence electrons. The van der Waals surface area contributed by atoms with Gasteiger partial charge in [-0.2, -0.15) is 0 Å². The first-order valence-corrected chi connectivity index (χ1v) is 11.3. The number of halogens is 1. The molecule has 2 atom stereocenters. The van der Waals surface area contributed by atoms with E-state index in [0.29, 0.717) is 23.3 Å². The van der Waals surface area contributed by atoms with Gasteiger partial charge in [0.2, 0.25) is 0 Å². The summed E-state index contributed by atoms with van der Waals surface area (Å²) in [6.45, 7) is 12.6. The number of nitrogens with one attached hydrogen (secondary N) is 1. The largest absolute Gasteiger partial charge is 0.356 e. The van der Waals surface area contributed by atoms with Crippen molar-refractivity contribution in [2.24, 2.45) is 28.7 Å². The van der Waals surface area contributed by atoms with E-state index in [4.69, 9.17) is 4.99 Å². The molecule has 2 saturated heterocycles. The molecule has 7 heteroatoms. The van der Waals surface area contributed by atoms with E-state index in [1.165, 1.54) is 12.8 Å². The van der Waals surface area contributed by atoms with Gasteiger partial charge in [-0.05, 0) is 42.9 Å². The molecule has 0 aromatic carbocycles. The average Bonchev–Trinajstić information content (AvgIpc) is 2.86. The van der Waals surface area contributed by atoms with Gasteiger partial charge in [-0.3, -0.25) is 4.99 Å². The van der Waals surface area contributed by atoms with Crippen molar-refractivity contribution in [2.75, 3.05) is 37.7 Å². The molecule has 5 nitrogen and oxygen atoms in total. The lowest BCUT2D eigenvalue weighted by atomic mass is 9.88. The van der Waals surface area contributed by atoms with Crippen LogP contribution < -0.4 is 5.32 Å². The summed E-state index contributed by atoms with van der Waals surface area (Å²) in [5, 5.41) is 3.50. The first-order chi connectivity index (χ1) is 11.3. The third-order valence-electron chi connectivity index (χ3n) is 5.18. The van der Waals surface area contributed by atoms with Crippen molar-refractivity contribution in [1.82, 2.24) is 10.2 Å². The van der Waals surface area contributed by atoms with E-state index in [2.05, 4.69) is 37.9 Å². The van der Waals surface area contributed by atoms with E-state index in [9.17, 15) is 8.42 Å². The summed E-state index contributed by atoms with van der Waals surface area (Å²) in [6, 6.07) is 0. The van der Waals surface area contributed by atoms with Gasteiger partial charge in [0.1, 0.15) is 0 Å². The maximum Gasteiger partial charge on any atom is 0.193 e. The van der Waals surface area contributed by atoms with Gasteiger partial charge in [0.25, 0.3) is 0 Å². The zero-order chi connectivity index (χ0) is 17.7. The quantitative estimate of drug-likeness (QED) is 0.370. The number of rotatable bonds is 5. The number of sulfone groups is 1. The van der Waals surface area contributed by atoms with Crippen molar-refractivity contribution < 1.29 is 8.42 Å². The van der Waals surface area contributed by atoms with Crippen molar-refractivity contribution in [3.05, 3.63) is 0 Å². The Balaban J connectivity index is 0.00000312. The summed E-state index contributed by atoms with van der Waals surface area (Å²) < 4.78 is 23.3. The van der Waals surface area contributed by atoms with Gasteiger partial charge in [-0.15, -0.1) is 24.0 Å². The first kappa shape index (κ1) is 23.0. The Morgan fingerprint density at radius 2 is 1.96 bits per heavy atom. The Morgan fingerprint density at radius 1 is 1.24 bits per heavy atom. The number of guanidine groups is 1. The molecule has 25 heavy (non-hydrogen) atoms. The molecular formula is C18H36IN3O2S. The van der Waals surface area contributed by atoms with Crippen LogP contribution in [0.3, 0.4) is 0 Å². The highest BCUT2D eigenvalue weighted by molar-refractivity contribution is 14.0. The fraction of sp³-hybridized carbons (Fsp3) is 0.944. The molecule has 2 aliphatic rings. The zero-order valence-electron chi connectivity index (χ0n) is 16.2. The lowest BCUT2D eigenvalue weighted by molar-refractivity contribution is 0.206. The Kier molecular flexibility index (Phi) is 9.50. The minimum Gasteiger partial charge on any atom is -0.356 e. The summed E-state index contributed by atoms with van der Waals surface area (Å²) in [5.41, 5.74) is 0. The van der Waals surface area contributed by atoms with Crippen molar-refractivity contribution in [3.8, 4) is 0 Å². The van der Waals surface area contributed by atoms with Crippen LogP contribution in [-0.2, 0) is 9.84 Å². The molecule has 0 aromatic rings. The van der Waals surface area contributed by atoms with E-state index >= 15 is 0 Å². The van der Waals surface area contributed by atoms with Crippen LogP contribution in [0.1, 0.15) is 47.0 Å². The van der Waals surface area contributed by atoms with Crippen LogP contribution in [-0.4, -0.2) is 57.0 Å². The maximum atomic E-state index is 11.7. The van der Waals surface area contributed by atoms with Crippen molar-refractivity contribution in [3.63, 3.8) is 0 Å². The van der Waals surface area contributed by atoms with Gasteiger partial charge in [0.15, 0.2) is 15.8 Å². The molecule has 0 radical (unpaired) electrons. The lowest BCUT2D eigenvalue weighted by Crippen LogP contribution is -2.48. The second-order valence-electron chi connectivity index (χ2n) is 8.30. The Labute approximate surface area is 171 Å². The molecule has 2 rings (SSSR count). The second-order valence-corrected chi connectivity index (χ2v) is 10.5. The van der Waals surface area contributed by atoms with Gasteiger partial charge >= 0.3 is 0 Å². The summed E-state index contributed by atoms with van der Waals surface area (Å²) in [5.74, 6) is 3.82. The zero-order valence-corrected chi connectivity index (χ0v) is 19.3. The smallest absolute Gasteiger partial charge is 0.193 e. The van der Waals surface area contributed by atoms with Crippen LogP contribution in [0, 0.1) is 23.7 Å². The predicted octanol–water partition coefficient (Wildman–Crippen LogP) is 3.01. The van der Waals surface area contributed by atoms with E-state index in [1.54, 1.807) is 0 Å². The number of piperidine rings is 1. The Bertz CT molecular complexity index is 534. The van der Waals surface area contributed by atoms with Crippen molar-refractivity contribution in [1.29, 1.82) is 0 Å². The average molecular weight is 485 g/mol. The standard InChI is InChI=1S/C18H35N3O2S.HI/c1-14(2)10-19-18(20-11-16-7-9-24(22,23)13-16)21-8-5-6-17(12-21)15(3)4;/h14-17H,5-13H2,1-4H3,(H,19,20);1H. The van der Waals surface area contributed by atoms with Crippen LogP contribution in [0.25, 0.3) is 0 Å².